The summed E-state index contributed by atoms with van der Waals surface area (Å²) in [5.74, 6) is -0.377. The highest BCUT2D eigenvalue weighted by Gasteiger charge is 2.35. The van der Waals surface area contributed by atoms with E-state index in [0.717, 1.165) is 11.4 Å². The average molecular weight is 521 g/mol. The smallest absolute Gasteiger partial charge is 0.227 e. The second-order valence-electron chi connectivity index (χ2n) is 8.57. The largest absolute Gasteiger partial charge is 0.497 e. The Kier molecular flexibility index (Phi) is 7.83. The van der Waals surface area contributed by atoms with E-state index in [1.807, 2.05) is 24.3 Å². The summed E-state index contributed by atoms with van der Waals surface area (Å²) in [7, 11) is -1.89. The monoisotopic (exact) mass is 520 g/mol. The Bertz CT molecular complexity index is 1150. The van der Waals surface area contributed by atoms with Gasteiger partial charge in [0.15, 0.2) is 0 Å². The van der Waals surface area contributed by atoms with Crippen molar-refractivity contribution >= 4 is 44.8 Å². The zero-order chi connectivity index (χ0) is 25.0. The van der Waals surface area contributed by atoms with Gasteiger partial charge in [0.1, 0.15) is 5.75 Å². The van der Waals surface area contributed by atoms with Crippen molar-refractivity contribution in [1.82, 2.24) is 9.62 Å². The number of carbonyl (C=O) groups excluding carboxylic acids is 2. The molecule has 1 atom stereocenters. The topological polar surface area (TPSA) is 99.3 Å². The third-order valence-corrected chi connectivity index (χ3v) is 8.49. The number of nitrogens with one attached hydrogen (secondary N) is 1. The Labute approximate surface area is 210 Å². The van der Waals surface area contributed by atoms with Crippen molar-refractivity contribution in [3.05, 3.63) is 53.6 Å². The summed E-state index contributed by atoms with van der Waals surface area (Å²) >= 11 is 5.90. The summed E-state index contributed by atoms with van der Waals surface area (Å²) in [5, 5.41) is 3.27. The number of anilines is 2. The number of ether oxygens (including phenoxy) is 1. The number of piperazine rings is 1. The van der Waals surface area contributed by atoms with Crippen molar-refractivity contribution in [3.63, 3.8) is 0 Å². The molecule has 1 N–H and O–H groups in total. The van der Waals surface area contributed by atoms with Crippen molar-refractivity contribution in [3.8, 4) is 5.75 Å². The van der Waals surface area contributed by atoms with E-state index in [2.05, 4.69) is 10.2 Å². The van der Waals surface area contributed by atoms with Crippen LogP contribution in [0.2, 0.25) is 5.02 Å². The van der Waals surface area contributed by atoms with Crippen molar-refractivity contribution in [2.45, 2.75) is 6.42 Å². The van der Waals surface area contributed by atoms with E-state index in [-0.39, 0.29) is 37.1 Å². The van der Waals surface area contributed by atoms with Gasteiger partial charge in [0.2, 0.25) is 21.8 Å². The molecule has 0 aliphatic carbocycles. The molecule has 2 aromatic carbocycles. The molecule has 2 fully saturated rings. The molecule has 2 aliphatic heterocycles. The molecule has 2 amide bonds. The molecule has 2 saturated heterocycles. The number of benzene rings is 2. The average Bonchev–Trinajstić information content (AvgIpc) is 3.26. The van der Waals surface area contributed by atoms with Crippen LogP contribution in [0.3, 0.4) is 0 Å². The second kappa shape index (κ2) is 10.8. The number of nitrogens with zero attached hydrogens (tertiary/aromatic N) is 3. The first-order valence-electron chi connectivity index (χ1n) is 11.5. The Hall–Kier alpha value is -2.82. The Balaban J connectivity index is 1.23. The molecule has 188 valence electrons. The van der Waals surface area contributed by atoms with Crippen LogP contribution in [0.25, 0.3) is 0 Å². The van der Waals surface area contributed by atoms with Crippen LogP contribution in [0, 0.1) is 5.92 Å². The number of amides is 2. The maximum absolute atomic E-state index is 12.8. The third-order valence-electron chi connectivity index (χ3n) is 6.36. The van der Waals surface area contributed by atoms with E-state index in [4.69, 9.17) is 16.3 Å². The standard InChI is InChI=1S/C24H29ClN4O5S/c1-34-22-8-6-20(7-9-22)27-11-13-28(14-12-27)35(32,33)15-10-26-24(31)18-16-23(30)29(17-18)21-4-2-19(25)3-5-21/h2-9,18H,10-17H2,1H3,(H,26,31). The Morgan fingerprint density at radius 2 is 1.66 bits per heavy atom. The number of halogens is 1. The van der Waals surface area contributed by atoms with Gasteiger partial charge >= 0.3 is 0 Å². The van der Waals surface area contributed by atoms with Gasteiger partial charge in [-0.15, -0.1) is 0 Å². The minimum Gasteiger partial charge on any atom is -0.497 e. The Morgan fingerprint density at radius 3 is 2.29 bits per heavy atom. The highest BCUT2D eigenvalue weighted by atomic mass is 35.5. The van der Waals surface area contributed by atoms with Crippen LogP contribution in [0.1, 0.15) is 6.42 Å². The van der Waals surface area contributed by atoms with E-state index in [9.17, 15) is 18.0 Å². The molecule has 2 heterocycles. The molecule has 1 unspecified atom stereocenters. The molecule has 11 heteroatoms. The molecule has 2 aromatic rings. The fourth-order valence-corrected chi connectivity index (χ4v) is 5.81. The summed E-state index contributed by atoms with van der Waals surface area (Å²) in [5.41, 5.74) is 1.71. The van der Waals surface area contributed by atoms with Gasteiger partial charge in [-0.3, -0.25) is 9.59 Å². The summed E-state index contributed by atoms with van der Waals surface area (Å²) in [4.78, 5) is 28.7. The van der Waals surface area contributed by atoms with Crippen LogP contribution in [0.15, 0.2) is 48.5 Å². The van der Waals surface area contributed by atoms with Crippen LogP contribution in [0.4, 0.5) is 11.4 Å². The Morgan fingerprint density at radius 1 is 1.03 bits per heavy atom. The van der Waals surface area contributed by atoms with E-state index in [1.54, 1.807) is 36.3 Å². The van der Waals surface area contributed by atoms with E-state index in [0.29, 0.717) is 36.9 Å². The second-order valence-corrected chi connectivity index (χ2v) is 11.1. The quantitative estimate of drug-likeness (QED) is 0.571. The molecule has 35 heavy (non-hydrogen) atoms. The highest BCUT2D eigenvalue weighted by Crippen LogP contribution is 2.26. The lowest BCUT2D eigenvalue weighted by Gasteiger charge is -2.35. The van der Waals surface area contributed by atoms with Gasteiger partial charge in [-0.05, 0) is 48.5 Å². The highest BCUT2D eigenvalue weighted by molar-refractivity contribution is 7.89. The van der Waals surface area contributed by atoms with E-state index in [1.165, 1.54) is 4.31 Å². The molecule has 2 aliphatic rings. The third kappa shape index (κ3) is 6.06. The van der Waals surface area contributed by atoms with Crippen LogP contribution < -0.4 is 19.9 Å². The molecule has 0 aromatic heterocycles. The number of sulfonamides is 1. The van der Waals surface area contributed by atoms with Crippen LogP contribution in [-0.2, 0) is 19.6 Å². The van der Waals surface area contributed by atoms with Gasteiger partial charge in [0.05, 0.1) is 18.8 Å². The van der Waals surface area contributed by atoms with Crippen LogP contribution in [0.5, 0.6) is 5.75 Å². The molecular weight excluding hydrogens is 492 g/mol. The summed E-state index contributed by atoms with van der Waals surface area (Å²) < 4.78 is 32.2. The lowest BCUT2D eigenvalue weighted by Crippen LogP contribution is -2.50. The molecule has 0 bridgehead atoms. The van der Waals surface area contributed by atoms with Gasteiger partial charge in [-0.2, -0.15) is 4.31 Å². The molecule has 0 spiro atoms. The normalized spacial score (nSPS) is 19.1. The van der Waals surface area contributed by atoms with Gasteiger partial charge in [0.25, 0.3) is 0 Å². The fraction of sp³-hybridized carbons (Fsp3) is 0.417. The summed E-state index contributed by atoms with van der Waals surface area (Å²) in [6, 6.07) is 14.5. The number of methoxy groups -OCH3 is 1. The number of carbonyl (C=O) groups is 2. The summed E-state index contributed by atoms with van der Waals surface area (Å²) in [6.07, 6.45) is 0.0918. The molecule has 4 rings (SSSR count). The maximum Gasteiger partial charge on any atom is 0.227 e. The predicted octanol–water partition coefficient (Wildman–Crippen LogP) is 1.97. The maximum atomic E-state index is 12.8. The SMILES string of the molecule is COc1ccc(N2CCN(S(=O)(=O)CCNC(=O)C3CC(=O)N(c4ccc(Cl)cc4)C3)CC2)cc1. The summed E-state index contributed by atoms with van der Waals surface area (Å²) in [6.45, 7) is 2.20. The van der Waals surface area contributed by atoms with Crippen molar-refractivity contribution in [2.75, 3.05) is 61.9 Å². The van der Waals surface area contributed by atoms with Crippen molar-refractivity contribution in [1.29, 1.82) is 0 Å². The predicted molar refractivity (Wildman–Crippen MR) is 135 cm³/mol. The lowest BCUT2D eigenvalue weighted by molar-refractivity contribution is -0.126. The minimum absolute atomic E-state index is 0.00545. The van der Waals surface area contributed by atoms with Crippen molar-refractivity contribution < 1.29 is 22.7 Å². The zero-order valence-electron chi connectivity index (χ0n) is 19.5. The van der Waals surface area contributed by atoms with Gasteiger partial charge in [0, 0.05) is 62.1 Å². The fourth-order valence-electron chi connectivity index (χ4n) is 4.35. The molecular formula is C24H29ClN4O5S. The zero-order valence-corrected chi connectivity index (χ0v) is 21.1. The minimum atomic E-state index is -3.51. The van der Waals surface area contributed by atoms with Crippen molar-refractivity contribution in [2.24, 2.45) is 5.92 Å². The number of hydrogen-bond acceptors (Lipinski definition) is 6. The van der Waals surface area contributed by atoms with Gasteiger partial charge in [-0.25, -0.2) is 8.42 Å². The number of hydrogen-bond donors (Lipinski definition) is 1. The number of rotatable bonds is 8. The van der Waals surface area contributed by atoms with E-state index < -0.39 is 15.9 Å². The van der Waals surface area contributed by atoms with Crippen LogP contribution >= 0.6 is 11.6 Å². The molecule has 9 nitrogen and oxygen atoms in total. The molecule has 0 saturated carbocycles. The van der Waals surface area contributed by atoms with Crippen LogP contribution in [-0.4, -0.2) is 76.7 Å². The first kappa shape index (κ1) is 25.3. The van der Waals surface area contributed by atoms with Gasteiger partial charge in [-0.1, -0.05) is 11.6 Å². The first-order valence-corrected chi connectivity index (χ1v) is 13.5. The first-order chi connectivity index (χ1) is 16.8. The lowest BCUT2D eigenvalue weighted by atomic mass is 10.1. The molecule has 0 radical (unpaired) electrons. The van der Waals surface area contributed by atoms with E-state index >= 15 is 0 Å². The van der Waals surface area contributed by atoms with Gasteiger partial charge < -0.3 is 19.9 Å².